The van der Waals surface area contributed by atoms with E-state index in [2.05, 4.69) is 23.4 Å². The summed E-state index contributed by atoms with van der Waals surface area (Å²) in [5, 5.41) is 0. The van der Waals surface area contributed by atoms with Crippen molar-refractivity contribution in [2.75, 3.05) is 16.9 Å². The zero-order chi connectivity index (χ0) is 14.8. The van der Waals surface area contributed by atoms with Gasteiger partial charge in [0, 0.05) is 18.4 Å². The highest BCUT2D eigenvalue weighted by molar-refractivity contribution is 6.09. The van der Waals surface area contributed by atoms with Crippen LogP contribution in [0.25, 0.3) is 0 Å². The fourth-order valence-electron chi connectivity index (χ4n) is 2.78. The maximum atomic E-state index is 12.8. The van der Waals surface area contributed by atoms with Gasteiger partial charge in [-0.3, -0.25) is 4.79 Å². The maximum Gasteiger partial charge on any atom is 0.262 e. The van der Waals surface area contributed by atoms with Crippen LogP contribution in [0.2, 0.25) is 0 Å². The minimum atomic E-state index is -0.0687. The quantitative estimate of drug-likeness (QED) is 0.655. The Morgan fingerprint density at radius 1 is 1.38 bits per heavy atom. The molecule has 0 fully saturated rings. The summed E-state index contributed by atoms with van der Waals surface area (Å²) in [6.45, 7) is 2.78. The first-order valence-corrected chi connectivity index (χ1v) is 7.03. The number of nitrogens with two attached hydrogens (primary N) is 1. The van der Waals surface area contributed by atoms with Gasteiger partial charge in [-0.25, -0.2) is 10.8 Å². The number of amides is 1. The highest BCUT2D eigenvalue weighted by atomic mass is 16.2. The number of hydrazine groups is 1. The van der Waals surface area contributed by atoms with Crippen LogP contribution in [-0.2, 0) is 6.42 Å². The highest BCUT2D eigenvalue weighted by Crippen LogP contribution is 2.30. The summed E-state index contributed by atoms with van der Waals surface area (Å²) < 4.78 is 0. The van der Waals surface area contributed by atoms with Crippen molar-refractivity contribution in [3.8, 4) is 0 Å². The Labute approximate surface area is 123 Å². The number of aromatic nitrogens is 1. The van der Waals surface area contributed by atoms with Crippen molar-refractivity contribution in [1.29, 1.82) is 0 Å². The molecular weight excluding hydrogens is 264 g/mol. The second-order valence-corrected chi connectivity index (χ2v) is 5.24. The molecule has 1 aliphatic rings. The third kappa shape index (κ3) is 2.48. The minimum Gasteiger partial charge on any atom is -0.308 e. The van der Waals surface area contributed by atoms with E-state index in [9.17, 15) is 4.79 Å². The number of hydrogen-bond donors (Lipinski definition) is 2. The van der Waals surface area contributed by atoms with Crippen molar-refractivity contribution in [1.82, 2.24) is 4.98 Å². The van der Waals surface area contributed by atoms with Crippen molar-refractivity contribution in [2.24, 2.45) is 5.84 Å². The van der Waals surface area contributed by atoms with Crippen molar-refractivity contribution in [3.05, 3.63) is 53.2 Å². The molecule has 1 amide bonds. The lowest BCUT2D eigenvalue weighted by Crippen LogP contribution is -2.36. The van der Waals surface area contributed by atoms with Gasteiger partial charge in [0.05, 0.1) is 5.56 Å². The molecule has 0 spiro atoms. The van der Waals surface area contributed by atoms with Gasteiger partial charge in [0.2, 0.25) is 0 Å². The Bertz CT molecular complexity index is 684. The van der Waals surface area contributed by atoms with E-state index in [1.165, 1.54) is 11.1 Å². The van der Waals surface area contributed by atoms with Gasteiger partial charge < -0.3 is 10.3 Å². The normalized spacial score (nSPS) is 13.7. The number of nitrogens with one attached hydrogen (secondary N) is 1. The van der Waals surface area contributed by atoms with Gasteiger partial charge in [-0.2, -0.15) is 0 Å². The maximum absolute atomic E-state index is 12.8. The van der Waals surface area contributed by atoms with Crippen LogP contribution in [0.15, 0.2) is 36.5 Å². The van der Waals surface area contributed by atoms with Crippen LogP contribution in [-0.4, -0.2) is 17.4 Å². The summed E-state index contributed by atoms with van der Waals surface area (Å²) in [7, 11) is 0. The van der Waals surface area contributed by atoms with E-state index in [1.807, 2.05) is 17.0 Å². The van der Waals surface area contributed by atoms with Crippen LogP contribution in [0.1, 0.15) is 27.9 Å². The monoisotopic (exact) mass is 282 g/mol. The molecule has 1 aromatic carbocycles. The van der Waals surface area contributed by atoms with Gasteiger partial charge in [0.15, 0.2) is 5.82 Å². The van der Waals surface area contributed by atoms with Gasteiger partial charge in [0.1, 0.15) is 0 Å². The van der Waals surface area contributed by atoms with Gasteiger partial charge in [0.25, 0.3) is 5.91 Å². The number of aryl methyl sites for hydroxylation is 2. The lowest BCUT2D eigenvalue weighted by molar-refractivity contribution is 0.0985. The van der Waals surface area contributed by atoms with E-state index in [1.54, 1.807) is 18.3 Å². The standard InChI is InChI=1S/C16H18N4O/c1-11-6-7-14-12(10-11)4-3-9-20(14)16(21)13-5-2-8-18-15(13)19-17/h2,5-8,10H,3-4,9,17H2,1H3,(H,18,19). The summed E-state index contributed by atoms with van der Waals surface area (Å²) in [6.07, 6.45) is 3.59. The van der Waals surface area contributed by atoms with E-state index in [0.717, 1.165) is 18.5 Å². The molecule has 108 valence electrons. The largest absolute Gasteiger partial charge is 0.308 e. The molecular formula is C16H18N4O. The summed E-state index contributed by atoms with van der Waals surface area (Å²) >= 11 is 0. The van der Waals surface area contributed by atoms with Gasteiger partial charge in [-0.05, 0) is 43.5 Å². The number of benzene rings is 1. The molecule has 1 aliphatic heterocycles. The molecule has 0 saturated carbocycles. The number of anilines is 2. The fraction of sp³-hybridized carbons (Fsp3) is 0.250. The number of nitrogen functional groups attached to an aromatic ring is 1. The van der Waals surface area contributed by atoms with Crippen LogP contribution < -0.4 is 16.2 Å². The molecule has 5 heteroatoms. The van der Waals surface area contributed by atoms with E-state index >= 15 is 0 Å². The van der Waals surface area contributed by atoms with Crippen molar-refractivity contribution in [3.63, 3.8) is 0 Å². The van der Waals surface area contributed by atoms with Crippen LogP contribution in [0.4, 0.5) is 11.5 Å². The Kier molecular flexibility index (Phi) is 3.58. The van der Waals surface area contributed by atoms with Crippen LogP contribution in [0, 0.1) is 6.92 Å². The molecule has 3 N–H and O–H groups in total. The fourth-order valence-corrected chi connectivity index (χ4v) is 2.78. The summed E-state index contributed by atoms with van der Waals surface area (Å²) in [6, 6.07) is 9.70. The summed E-state index contributed by atoms with van der Waals surface area (Å²) in [4.78, 5) is 18.7. The van der Waals surface area contributed by atoms with E-state index in [4.69, 9.17) is 5.84 Å². The zero-order valence-corrected chi connectivity index (χ0v) is 12.0. The van der Waals surface area contributed by atoms with Crippen LogP contribution in [0.3, 0.4) is 0 Å². The predicted octanol–water partition coefficient (Wildman–Crippen LogP) is 2.27. The molecule has 5 nitrogen and oxygen atoms in total. The third-order valence-corrected chi connectivity index (χ3v) is 3.77. The molecule has 3 rings (SSSR count). The molecule has 0 bridgehead atoms. The number of carbonyl (C=O) groups is 1. The summed E-state index contributed by atoms with van der Waals surface area (Å²) in [5.41, 5.74) is 6.41. The average molecular weight is 282 g/mol. The van der Waals surface area contributed by atoms with E-state index in [-0.39, 0.29) is 5.91 Å². The molecule has 2 aromatic rings. The lowest BCUT2D eigenvalue weighted by Gasteiger charge is -2.30. The number of fused-ring (bicyclic) bond motifs is 1. The lowest BCUT2D eigenvalue weighted by atomic mass is 9.99. The van der Waals surface area contributed by atoms with Gasteiger partial charge in [-0.15, -0.1) is 0 Å². The first kappa shape index (κ1) is 13.6. The Hall–Kier alpha value is -2.40. The summed E-state index contributed by atoms with van der Waals surface area (Å²) in [5.74, 6) is 5.78. The first-order valence-electron chi connectivity index (χ1n) is 7.03. The second kappa shape index (κ2) is 5.54. The molecule has 0 saturated heterocycles. The minimum absolute atomic E-state index is 0.0687. The SMILES string of the molecule is Cc1ccc2c(c1)CCCN2C(=O)c1cccnc1NN. The number of carbonyl (C=O) groups excluding carboxylic acids is 1. The van der Waals surface area contributed by atoms with E-state index < -0.39 is 0 Å². The second-order valence-electron chi connectivity index (χ2n) is 5.24. The molecule has 0 atom stereocenters. The number of pyridine rings is 1. The topological polar surface area (TPSA) is 71.2 Å². The molecule has 0 unspecified atom stereocenters. The van der Waals surface area contributed by atoms with Gasteiger partial charge in [-0.1, -0.05) is 17.7 Å². The van der Waals surface area contributed by atoms with Crippen molar-refractivity contribution in [2.45, 2.75) is 19.8 Å². The molecule has 1 aromatic heterocycles. The zero-order valence-electron chi connectivity index (χ0n) is 12.0. The molecule has 2 heterocycles. The van der Waals surface area contributed by atoms with E-state index in [0.29, 0.717) is 17.9 Å². The predicted molar refractivity (Wildman–Crippen MR) is 83.2 cm³/mol. The number of nitrogens with zero attached hydrogens (tertiary/aromatic N) is 2. The Morgan fingerprint density at radius 3 is 3.05 bits per heavy atom. The third-order valence-electron chi connectivity index (χ3n) is 3.77. The number of rotatable bonds is 2. The Morgan fingerprint density at radius 2 is 2.24 bits per heavy atom. The average Bonchev–Trinajstić information content (AvgIpc) is 2.53. The smallest absolute Gasteiger partial charge is 0.262 e. The van der Waals surface area contributed by atoms with Crippen molar-refractivity contribution < 1.29 is 4.79 Å². The Balaban J connectivity index is 2.00. The first-order chi connectivity index (χ1) is 10.2. The molecule has 0 aliphatic carbocycles. The van der Waals surface area contributed by atoms with Crippen molar-refractivity contribution >= 4 is 17.4 Å². The molecule has 21 heavy (non-hydrogen) atoms. The highest BCUT2D eigenvalue weighted by Gasteiger charge is 2.25. The van der Waals surface area contributed by atoms with Crippen LogP contribution in [0.5, 0.6) is 0 Å². The van der Waals surface area contributed by atoms with Gasteiger partial charge >= 0.3 is 0 Å². The molecule has 0 radical (unpaired) electrons. The number of hydrogen-bond acceptors (Lipinski definition) is 4. The van der Waals surface area contributed by atoms with Crippen LogP contribution >= 0.6 is 0 Å².